The maximum atomic E-state index is 12.5. The molecule has 0 aromatic heterocycles. The molecule has 3 aromatic rings. The molecule has 0 fully saturated rings. The van der Waals surface area contributed by atoms with Crippen molar-refractivity contribution in [1.29, 1.82) is 0 Å². The minimum Gasteiger partial charge on any atom is -0.493 e. The van der Waals surface area contributed by atoms with E-state index < -0.39 is 14.9 Å². The van der Waals surface area contributed by atoms with Gasteiger partial charge in [0.25, 0.3) is 11.6 Å². The lowest BCUT2D eigenvalue weighted by molar-refractivity contribution is -0.384. The van der Waals surface area contributed by atoms with E-state index >= 15 is 0 Å². The van der Waals surface area contributed by atoms with Gasteiger partial charge in [0.2, 0.25) is 10.0 Å². The van der Waals surface area contributed by atoms with E-state index in [2.05, 4.69) is 5.32 Å². The number of para-hydroxylation sites is 2. The Kier molecular flexibility index (Phi) is 8.49. The molecule has 0 spiro atoms. The number of nitro benzene ring substituents is 1. The number of hydrogen-bond acceptors (Lipinski definition) is 7. The minimum atomic E-state index is -3.74. The molecule has 10 nitrogen and oxygen atoms in total. The number of nitrogens with zero attached hydrogens (tertiary/aromatic N) is 2. The van der Waals surface area contributed by atoms with Crippen molar-refractivity contribution in [3.8, 4) is 11.5 Å². The van der Waals surface area contributed by atoms with Gasteiger partial charge in [0.1, 0.15) is 6.61 Å². The van der Waals surface area contributed by atoms with Crippen LogP contribution in [0.4, 0.5) is 11.4 Å². The van der Waals surface area contributed by atoms with E-state index in [1.165, 1.54) is 18.2 Å². The Balaban J connectivity index is 1.65. The number of aryl methyl sites for hydroxylation is 1. The Morgan fingerprint density at radius 1 is 1.06 bits per heavy atom. The normalized spacial score (nSPS) is 11.0. The third-order valence-corrected chi connectivity index (χ3v) is 6.46. The van der Waals surface area contributed by atoms with Crippen molar-refractivity contribution in [2.75, 3.05) is 30.8 Å². The molecule has 1 N–H and O–H groups in total. The first-order chi connectivity index (χ1) is 17.1. The number of carbonyl (C=O) groups is 1. The summed E-state index contributed by atoms with van der Waals surface area (Å²) in [6.07, 6.45) is 1.04. The zero-order valence-corrected chi connectivity index (χ0v) is 20.9. The van der Waals surface area contributed by atoms with Crippen molar-refractivity contribution < 1.29 is 27.6 Å². The van der Waals surface area contributed by atoms with Crippen LogP contribution >= 0.6 is 0 Å². The summed E-state index contributed by atoms with van der Waals surface area (Å²) in [5.41, 5.74) is 1.61. The summed E-state index contributed by atoms with van der Waals surface area (Å²) < 4.78 is 37.0. The molecule has 0 atom stereocenters. The second-order valence-corrected chi connectivity index (χ2v) is 9.86. The monoisotopic (exact) mass is 513 g/mol. The number of ether oxygens (including phenoxy) is 2. The summed E-state index contributed by atoms with van der Waals surface area (Å²) in [6.45, 7) is 2.15. The second-order valence-electron chi connectivity index (χ2n) is 7.95. The van der Waals surface area contributed by atoms with Crippen LogP contribution < -0.4 is 19.1 Å². The van der Waals surface area contributed by atoms with Crippen molar-refractivity contribution in [3.63, 3.8) is 0 Å². The summed E-state index contributed by atoms with van der Waals surface area (Å²) >= 11 is 0. The van der Waals surface area contributed by atoms with Gasteiger partial charge in [-0.3, -0.25) is 19.2 Å². The number of amides is 1. The molecule has 0 aliphatic rings. The molecular formula is C25H27N3O7S. The van der Waals surface area contributed by atoms with Gasteiger partial charge in [0.15, 0.2) is 11.5 Å². The van der Waals surface area contributed by atoms with Gasteiger partial charge in [-0.15, -0.1) is 0 Å². The standard InChI is InChI=1S/C25H27N3O7S/c1-18-8-13-21(28(30)31)16-22(18)27(36(3,32)33)17-19-9-11-20(12-10-19)25(29)26-14-15-35-24-7-5-4-6-23(24)34-2/h4-13,16H,14-15,17H2,1-3H3,(H,26,29). The number of rotatable bonds is 11. The first kappa shape index (κ1) is 26.5. The first-order valence-electron chi connectivity index (χ1n) is 11.0. The maximum absolute atomic E-state index is 12.5. The number of non-ortho nitro benzene ring substituents is 1. The van der Waals surface area contributed by atoms with Crippen LogP contribution in [0.15, 0.2) is 66.7 Å². The van der Waals surface area contributed by atoms with E-state index in [9.17, 15) is 23.3 Å². The molecule has 3 aromatic carbocycles. The van der Waals surface area contributed by atoms with E-state index in [0.717, 1.165) is 10.6 Å². The van der Waals surface area contributed by atoms with Gasteiger partial charge >= 0.3 is 0 Å². The number of methoxy groups -OCH3 is 1. The van der Waals surface area contributed by atoms with Crippen molar-refractivity contribution in [2.24, 2.45) is 0 Å². The largest absolute Gasteiger partial charge is 0.493 e. The predicted octanol–water partition coefficient (Wildman–Crippen LogP) is 3.69. The Bertz CT molecular complexity index is 1340. The number of anilines is 1. The van der Waals surface area contributed by atoms with E-state index in [1.807, 2.05) is 12.1 Å². The van der Waals surface area contributed by atoms with Gasteiger partial charge in [0, 0.05) is 17.7 Å². The first-order valence-corrected chi connectivity index (χ1v) is 12.8. The van der Waals surface area contributed by atoms with Crippen LogP contribution in [0.25, 0.3) is 0 Å². The number of nitro groups is 1. The van der Waals surface area contributed by atoms with Gasteiger partial charge in [-0.25, -0.2) is 8.42 Å². The Labute approximate surface area is 209 Å². The number of sulfonamides is 1. The smallest absolute Gasteiger partial charge is 0.271 e. The summed E-state index contributed by atoms with van der Waals surface area (Å²) in [4.78, 5) is 23.1. The molecule has 190 valence electrons. The minimum absolute atomic E-state index is 0.0461. The van der Waals surface area contributed by atoms with Gasteiger partial charge in [0.05, 0.1) is 37.1 Å². The van der Waals surface area contributed by atoms with Gasteiger partial charge in [-0.2, -0.15) is 0 Å². The number of hydrogen-bond donors (Lipinski definition) is 1. The molecule has 1 amide bonds. The van der Waals surface area contributed by atoms with Crippen LogP contribution in [0.3, 0.4) is 0 Å². The summed E-state index contributed by atoms with van der Waals surface area (Å²) in [7, 11) is -2.19. The summed E-state index contributed by atoms with van der Waals surface area (Å²) in [5, 5.41) is 13.9. The average molecular weight is 514 g/mol. The van der Waals surface area contributed by atoms with Crippen LogP contribution in [0.5, 0.6) is 11.5 Å². The Morgan fingerprint density at radius 3 is 2.33 bits per heavy atom. The van der Waals surface area contributed by atoms with Crippen LogP contribution in [0, 0.1) is 17.0 Å². The molecule has 0 heterocycles. The van der Waals surface area contributed by atoms with Gasteiger partial charge in [-0.1, -0.05) is 30.3 Å². The van der Waals surface area contributed by atoms with Crippen molar-refractivity contribution in [2.45, 2.75) is 13.5 Å². The van der Waals surface area contributed by atoms with Crippen molar-refractivity contribution in [3.05, 3.63) is 93.5 Å². The fourth-order valence-electron chi connectivity index (χ4n) is 3.45. The molecule has 0 saturated carbocycles. The van der Waals surface area contributed by atoms with E-state index in [-0.39, 0.29) is 37.0 Å². The lowest BCUT2D eigenvalue weighted by atomic mass is 10.1. The molecule has 0 aliphatic heterocycles. The fraction of sp³-hybridized carbons (Fsp3) is 0.240. The summed E-state index contributed by atoms with van der Waals surface area (Å²) in [6, 6.07) is 17.8. The van der Waals surface area contributed by atoms with E-state index in [4.69, 9.17) is 9.47 Å². The molecule has 11 heteroatoms. The molecule has 0 bridgehead atoms. The molecule has 0 unspecified atom stereocenters. The number of benzene rings is 3. The van der Waals surface area contributed by atoms with Gasteiger partial charge in [-0.05, 0) is 42.3 Å². The summed E-state index contributed by atoms with van der Waals surface area (Å²) in [5.74, 6) is 0.871. The molecular weight excluding hydrogens is 486 g/mol. The third kappa shape index (κ3) is 6.72. The Morgan fingerprint density at radius 2 is 1.72 bits per heavy atom. The maximum Gasteiger partial charge on any atom is 0.271 e. The highest BCUT2D eigenvalue weighted by atomic mass is 32.2. The molecule has 0 radical (unpaired) electrons. The molecule has 36 heavy (non-hydrogen) atoms. The van der Waals surface area contributed by atoms with Crippen LogP contribution in [0.2, 0.25) is 0 Å². The third-order valence-electron chi connectivity index (χ3n) is 5.33. The SMILES string of the molecule is COc1ccccc1OCCNC(=O)c1ccc(CN(c2cc([N+](=O)[O-])ccc2C)S(C)(=O)=O)cc1. The number of carbonyl (C=O) groups excluding carboxylic acids is 1. The lowest BCUT2D eigenvalue weighted by Crippen LogP contribution is -2.30. The molecule has 3 rings (SSSR count). The molecule has 0 aliphatic carbocycles. The van der Waals surface area contributed by atoms with Crippen LogP contribution in [-0.2, 0) is 16.6 Å². The van der Waals surface area contributed by atoms with Crippen molar-refractivity contribution >= 4 is 27.3 Å². The zero-order chi connectivity index (χ0) is 26.3. The Hall–Kier alpha value is -4.12. The highest BCUT2D eigenvalue weighted by Crippen LogP contribution is 2.29. The quantitative estimate of drug-likeness (QED) is 0.235. The van der Waals surface area contributed by atoms with E-state index in [1.54, 1.807) is 50.4 Å². The average Bonchev–Trinajstić information content (AvgIpc) is 2.85. The van der Waals surface area contributed by atoms with Crippen molar-refractivity contribution in [1.82, 2.24) is 5.32 Å². The van der Waals surface area contributed by atoms with Gasteiger partial charge < -0.3 is 14.8 Å². The predicted molar refractivity (Wildman–Crippen MR) is 136 cm³/mol. The fourth-order valence-corrected chi connectivity index (χ4v) is 4.39. The molecule has 0 saturated heterocycles. The zero-order valence-electron chi connectivity index (χ0n) is 20.1. The van der Waals surface area contributed by atoms with E-state index in [0.29, 0.717) is 28.2 Å². The topological polar surface area (TPSA) is 128 Å². The number of nitrogens with one attached hydrogen (secondary N) is 1. The highest BCUT2D eigenvalue weighted by molar-refractivity contribution is 7.92. The lowest BCUT2D eigenvalue weighted by Gasteiger charge is -2.24. The second kappa shape index (κ2) is 11.5. The van der Waals surface area contributed by atoms with Crippen LogP contribution in [0.1, 0.15) is 21.5 Å². The van der Waals surface area contributed by atoms with Crippen LogP contribution in [-0.4, -0.2) is 45.8 Å². The highest BCUT2D eigenvalue weighted by Gasteiger charge is 2.22.